The van der Waals surface area contributed by atoms with Crippen molar-refractivity contribution in [3.63, 3.8) is 0 Å². The highest BCUT2D eigenvalue weighted by molar-refractivity contribution is 7.09. The molecule has 0 saturated carbocycles. The van der Waals surface area contributed by atoms with Crippen LogP contribution in [0.5, 0.6) is 0 Å². The van der Waals surface area contributed by atoms with Gasteiger partial charge in [0.25, 0.3) is 5.91 Å². The number of benzene rings is 1. The summed E-state index contributed by atoms with van der Waals surface area (Å²) in [6, 6.07) is 8.02. The molecule has 1 aliphatic rings. The maximum atomic E-state index is 12.8. The average Bonchev–Trinajstić information content (AvgIpc) is 3.50. The molecule has 9 heteroatoms. The molecule has 1 fully saturated rings. The van der Waals surface area contributed by atoms with Crippen molar-refractivity contribution < 1.29 is 19.1 Å². The fourth-order valence-electron chi connectivity index (χ4n) is 4.14. The van der Waals surface area contributed by atoms with Gasteiger partial charge < -0.3 is 19.9 Å². The number of hydrogen-bond acceptors (Lipinski definition) is 6. The van der Waals surface area contributed by atoms with Gasteiger partial charge in [0.15, 0.2) is 0 Å². The number of likely N-dealkylation sites (tertiary alicyclic amines) is 1. The van der Waals surface area contributed by atoms with E-state index < -0.39 is 0 Å². The topological polar surface area (TPSA) is 104 Å². The van der Waals surface area contributed by atoms with Crippen molar-refractivity contribution >= 4 is 40.0 Å². The Balaban J connectivity index is 1.25. The number of H-pyrrole nitrogens is 1. The van der Waals surface area contributed by atoms with Crippen molar-refractivity contribution in [2.45, 2.75) is 38.0 Å². The summed E-state index contributed by atoms with van der Waals surface area (Å²) in [7, 11) is 1.35. The van der Waals surface area contributed by atoms with Crippen LogP contribution in [0, 0.1) is 0 Å². The van der Waals surface area contributed by atoms with E-state index in [0.717, 1.165) is 34.3 Å². The van der Waals surface area contributed by atoms with E-state index in [1.807, 2.05) is 35.4 Å². The second-order valence-electron chi connectivity index (χ2n) is 8.20. The Morgan fingerprint density at radius 2 is 2.03 bits per heavy atom. The van der Waals surface area contributed by atoms with Gasteiger partial charge in [-0.25, -0.2) is 4.98 Å². The summed E-state index contributed by atoms with van der Waals surface area (Å²) in [6.07, 6.45) is 4.80. The molecule has 2 aromatic heterocycles. The van der Waals surface area contributed by atoms with Crippen LogP contribution in [0.15, 0.2) is 35.8 Å². The second-order valence-corrected chi connectivity index (χ2v) is 9.09. The first-order valence-electron chi connectivity index (χ1n) is 11.2. The number of esters is 1. The minimum atomic E-state index is -0.286. The third-order valence-corrected chi connectivity index (χ3v) is 7.05. The first-order valence-corrected chi connectivity index (χ1v) is 12.1. The molecule has 2 N–H and O–H groups in total. The maximum Gasteiger partial charge on any atom is 0.305 e. The predicted octanol–water partition coefficient (Wildman–Crippen LogP) is 3.26. The van der Waals surface area contributed by atoms with Crippen molar-refractivity contribution in [3.05, 3.63) is 52.1 Å². The Morgan fingerprint density at radius 3 is 2.82 bits per heavy atom. The minimum Gasteiger partial charge on any atom is -0.469 e. The summed E-state index contributed by atoms with van der Waals surface area (Å²) >= 11 is 1.49. The number of piperidine rings is 1. The van der Waals surface area contributed by atoms with E-state index in [1.54, 1.807) is 5.38 Å². The van der Waals surface area contributed by atoms with Gasteiger partial charge in [-0.15, -0.1) is 11.3 Å². The molecule has 0 radical (unpaired) electrons. The summed E-state index contributed by atoms with van der Waals surface area (Å²) in [4.78, 5) is 46.0. The van der Waals surface area contributed by atoms with Crippen LogP contribution in [0.3, 0.4) is 0 Å². The van der Waals surface area contributed by atoms with Crippen LogP contribution in [0.4, 0.5) is 0 Å². The molecule has 0 aliphatic carbocycles. The zero-order valence-electron chi connectivity index (χ0n) is 18.6. The van der Waals surface area contributed by atoms with Crippen molar-refractivity contribution in [2.24, 2.45) is 0 Å². The van der Waals surface area contributed by atoms with Crippen molar-refractivity contribution in [2.75, 3.05) is 26.7 Å². The lowest BCUT2D eigenvalue weighted by Crippen LogP contribution is -2.38. The molecule has 0 atom stereocenters. The molecule has 0 spiro atoms. The van der Waals surface area contributed by atoms with Gasteiger partial charge in [0.2, 0.25) is 5.91 Å². The molecule has 0 unspecified atom stereocenters. The molecule has 1 saturated heterocycles. The van der Waals surface area contributed by atoms with Crippen LogP contribution in [0.2, 0.25) is 0 Å². The van der Waals surface area contributed by atoms with Gasteiger partial charge in [0.1, 0.15) is 5.69 Å². The lowest BCUT2D eigenvalue weighted by atomic mass is 9.97. The van der Waals surface area contributed by atoms with E-state index >= 15 is 0 Å². The molecular formula is C24H28N4O4S. The summed E-state index contributed by atoms with van der Waals surface area (Å²) in [5.74, 6) is -0.113. The zero-order valence-corrected chi connectivity index (χ0v) is 19.5. The molecule has 8 nitrogen and oxygen atoms in total. The predicted molar refractivity (Wildman–Crippen MR) is 126 cm³/mol. The summed E-state index contributed by atoms with van der Waals surface area (Å²) < 4.78 is 4.59. The Hall–Kier alpha value is -3.20. The number of aromatic amines is 1. The molecule has 1 aliphatic heterocycles. The number of amides is 2. The number of methoxy groups -OCH3 is 1. The third kappa shape index (κ3) is 5.60. The highest BCUT2D eigenvalue weighted by atomic mass is 32.1. The van der Waals surface area contributed by atoms with E-state index in [9.17, 15) is 14.4 Å². The Morgan fingerprint density at radius 1 is 1.24 bits per heavy atom. The van der Waals surface area contributed by atoms with Crippen LogP contribution in [-0.4, -0.2) is 59.4 Å². The average molecular weight is 469 g/mol. The molecule has 2 amide bonds. The molecule has 1 aromatic carbocycles. The van der Waals surface area contributed by atoms with Gasteiger partial charge in [0, 0.05) is 54.5 Å². The number of nitrogens with one attached hydrogen (secondary N) is 2. The quantitative estimate of drug-likeness (QED) is 0.390. The largest absolute Gasteiger partial charge is 0.469 e. The van der Waals surface area contributed by atoms with Gasteiger partial charge in [0.05, 0.1) is 18.5 Å². The SMILES string of the molecule is COC(=O)CCCNC(=O)c1csc(C2CCN(C(=O)Cc3c[nH]c4ccccc34)CC2)n1. The lowest BCUT2D eigenvalue weighted by Gasteiger charge is -2.31. The number of aromatic nitrogens is 2. The number of carbonyl (C=O) groups is 3. The molecule has 174 valence electrons. The summed E-state index contributed by atoms with van der Waals surface area (Å²) in [5.41, 5.74) is 2.48. The fraction of sp³-hybridized carbons (Fsp3) is 0.417. The maximum absolute atomic E-state index is 12.8. The number of nitrogens with zero attached hydrogens (tertiary/aromatic N) is 2. The molecule has 33 heavy (non-hydrogen) atoms. The van der Waals surface area contributed by atoms with Crippen molar-refractivity contribution in [1.82, 2.24) is 20.2 Å². The van der Waals surface area contributed by atoms with E-state index in [4.69, 9.17) is 0 Å². The number of thiazole rings is 1. The monoisotopic (exact) mass is 468 g/mol. The number of rotatable bonds is 8. The summed E-state index contributed by atoms with van der Waals surface area (Å²) in [5, 5.41) is 6.61. The van der Waals surface area contributed by atoms with Crippen LogP contribution in [-0.2, 0) is 20.7 Å². The van der Waals surface area contributed by atoms with Crippen LogP contribution in [0.25, 0.3) is 10.9 Å². The van der Waals surface area contributed by atoms with Gasteiger partial charge in [-0.1, -0.05) is 18.2 Å². The van der Waals surface area contributed by atoms with Crippen LogP contribution >= 0.6 is 11.3 Å². The van der Waals surface area contributed by atoms with E-state index in [2.05, 4.69) is 20.0 Å². The normalized spacial score (nSPS) is 14.4. The standard InChI is InChI=1S/C24H28N4O4S/c1-32-22(30)7-4-10-25-23(31)20-15-33-24(27-20)16-8-11-28(12-9-16)21(29)13-17-14-26-19-6-3-2-5-18(17)19/h2-3,5-6,14-16,26H,4,7-13H2,1H3,(H,25,31). The second kappa shape index (κ2) is 10.6. The first kappa shape index (κ1) is 23.0. The molecular weight excluding hydrogens is 440 g/mol. The number of fused-ring (bicyclic) bond motifs is 1. The van der Waals surface area contributed by atoms with Gasteiger partial charge >= 0.3 is 5.97 Å². The lowest BCUT2D eigenvalue weighted by molar-refractivity contribution is -0.140. The van der Waals surface area contributed by atoms with Gasteiger partial charge in [-0.05, 0) is 30.9 Å². The van der Waals surface area contributed by atoms with Crippen LogP contribution < -0.4 is 5.32 Å². The van der Waals surface area contributed by atoms with Crippen molar-refractivity contribution in [3.8, 4) is 0 Å². The third-order valence-electron chi connectivity index (χ3n) is 6.04. The highest BCUT2D eigenvalue weighted by Gasteiger charge is 2.26. The van der Waals surface area contributed by atoms with Gasteiger partial charge in [-0.2, -0.15) is 0 Å². The molecule has 4 rings (SSSR count). The number of para-hydroxylation sites is 1. The molecule has 3 aromatic rings. The number of carbonyl (C=O) groups excluding carboxylic acids is 3. The van der Waals surface area contributed by atoms with E-state index in [-0.39, 0.29) is 30.1 Å². The smallest absolute Gasteiger partial charge is 0.305 e. The van der Waals surface area contributed by atoms with Crippen molar-refractivity contribution in [1.29, 1.82) is 0 Å². The van der Waals surface area contributed by atoms with Crippen LogP contribution in [0.1, 0.15) is 52.7 Å². The Kier molecular flexibility index (Phi) is 7.39. The Bertz CT molecular complexity index is 1130. The zero-order chi connectivity index (χ0) is 23.2. The minimum absolute atomic E-state index is 0.143. The molecule has 3 heterocycles. The highest BCUT2D eigenvalue weighted by Crippen LogP contribution is 2.31. The molecule has 0 bridgehead atoms. The Labute approximate surface area is 196 Å². The fourth-order valence-corrected chi connectivity index (χ4v) is 5.11. The van der Waals surface area contributed by atoms with E-state index in [0.29, 0.717) is 38.2 Å². The van der Waals surface area contributed by atoms with Gasteiger partial charge in [-0.3, -0.25) is 14.4 Å². The number of ether oxygens (including phenoxy) is 1. The summed E-state index contributed by atoms with van der Waals surface area (Å²) in [6.45, 7) is 1.79. The first-order chi connectivity index (χ1) is 16.0. The van der Waals surface area contributed by atoms with E-state index in [1.165, 1.54) is 18.4 Å². The number of hydrogen-bond donors (Lipinski definition) is 2.